The molecule has 0 saturated carbocycles. The molecule has 1 aromatic carbocycles. The average molecular weight is 320 g/mol. The van der Waals surface area contributed by atoms with Gasteiger partial charge in [-0.15, -0.1) is 6.42 Å². The largest absolute Gasteiger partial charge is 0.416 e. The second kappa shape index (κ2) is 5.66. The van der Waals surface area contributed by atoms with Gasteiger partial charge >= 0.3 is 6.18 Å². The Morgan fingerprint density at radius 2 is 1.94 bits per heavy atom. The van der Waals surface area contributed by atoms with Crippen LogP contribution in [-0.2, 0) is 6.18 Å². The standard InChI is InChI=1S/C13H13BrF3N/c1-4-11(8(2)3)18-12-6-5-9(7-10(12)14)13(15,16)17/h1,5-8,11,18H,2-3H3. The van der Waals surface area contributed by atoms with Gasteiger partial charge in [0.25, 0.3) is 0 Å². The fourth-order valence-electron chi connectivity index (χ4n) is 1.38. The van der Waals surface area contributed by atoms with Crippen molar-refractivity contribution in [3.05, 3.63) is 28.2 Å². The number of rotatable bonds is 3. The molecule has 5 heteroatoms. The molecule has 1 unspecified atom stereocenters. The monoisotopic (exact) mass is 319 g/mol. The molecule has 0 amide bonds. The molecule has 1 aromatic rings. The van der Waals surface area contributed by atoms with E-state index in [-0.39, 0.29) is 12.0 Å². The van der Waals surface area contributed by atoms with Crippen molar-refractivity contribution >= 4 is 21.6 Å². The van der Waals surface area contributed by atoms with Crippen molar-refractivity contribution in [2.24, 2.45) is 5.92 Å². The quantitative estimate of drug-likeness (QED) is 0.807. The maximum absolute atomic E-state index is 12.5. The number of alkyl halides is 3. The predicted octanol–water partition coefficient (Wildman–Crippen LogP) is 4.54. The lowest BCUT2D eigenvalue weighted by atomic mass is 10.0. The summed E-state index contributed by atoms with van der Waals surface area (Å²) in [7, 11) is 0. The number of halogens is 4. The number of hydrogen-bond acceptors (Lipinski definition) is 1. The molecule has 0 aliphatic carbocycles. The predicted molar refractivity (Wildman–Crippen MR) is 70.2 cm³/mol. The van der Waals surface area contributed by atoms with Crippen molar-refractivity contribution in [1.82, 2.24) is 0 Å². The number of terminal acetylenes is 1. The van der Waals surface area contributed by atoms with Crippen LogP contribution >= 0.6 is 15.9 Å². The smallest absolute Gasteiger partial charge is 0.370 e. The second-order valence-corrected chi connectivity index (χ2v) is 5.08. The van der Waals surface area contributed by atoms with E-state index in [9.17, 15) is 13.2 Å². The SMILES string of the molecule is C#CC(Nc1ccc(C(F)(F)F)cc1Br)C(C)C. The Morgan fingerprint density at radius 1 is 1.33 bits per heavy atom. The van der Waals surface area contributed by atoms with Crippen LogP contribution in [-0.4, -0.2) is 6.04 Å². The van der Waals surface area contributed by atoms with Gasteiger partial charge in [-0.1, -0.05) is 19.8 Å². The van der Waals surface area contributed by atoms with Gasteiger partial charge in [-0.3, -0.25) is 0 Å². The van der Waals surface area contributed by atoms with Gasteiger partial charge in [0.2, 0.25) is 0 Å². The van der Waals surface area contributed by atoms with E-state index in [0.29, 0.717) is 10.2 Å². The third-order valence-electron chi connectivity index (χ3n) is 2.45. The average Bonchev–Trinajstić information content (AvgIpc) is 2.25. The Morgan fingerprint density at radius 3 is 2.33 bits per heavy atom. The van der Waals surface area contributed by atoms with E-state index < -0.39 is 11.7 Å². The number of anilines is 1. The van der Waals surface area contributed by atoms with Gasteiger partial charge in [-0.05, 0) is 40.0 Å². The van der Waals surface area contributed by atoms with E-state index >= 15 is 0 Å². The Bertz CT molecular complexity index is 460. The van der Waals surface area contributed by atoms with Crippen LogP contribution in [0.3, 0.4) is 0 Å². The summed E-state index contributed by atoms with van der Waals surface area (Å²) >= 11 is 3.12. The van der Waals surface area contributed by atoms with E-state index in [1.807, 2.05) is 13.8 Å². The third kappa shape index (κ3) is 3.67. The van der Waals surface area contributed by atoms with Crippen molar-refractivity contribution in [1.29, 1.82) is 0 Å². The fraction of sp³-hybridized carbons (Fsp3) is 0.385. The minimum Gasteiger partial charge on any atom is -0.370 e. The first kappa shape index (κ1) is 14.9. The van der Waals surface area contributed by atoms with Crippen LogP contribution in [0.1, 0.15) is 19.4 Å². The Hall–Kier alpha value is -1.15. The highest BCUT2D eigenvalue weighted by atomic mass is 79.9. The zero-order valence-corrected chi connectivity index (χ0v) is 11.6. The molecule has 0 radical (unpaired) electrons. The normalized spacial score (nSPS) is 13.2. The summed E-state index contributed by atoms with van der Waals surface area (Å²) in [5, 5.41) is 3.02. The van der Waals surface area contributed by atoms with Crippen molar-refractivity contribution in [2.45, 2.75) is 26.1 Å². The van der Waals surface area contributed by atoms with Gasteiger partial charge in [0.05, 0.1) is 11.6 Å². The molecule has 1 N–H and O–H groups in total. The zero-order chi connectivity index (χ0) is 13.9. The summed E-state index contributed by atoms with van der Waals surface area (Å²) in [5.41, 5.74) is -0.138. The number of nitrogens with one attached hydrogen (secondary N) is 1. The van der Waals surface area contributed by atoms with Crippen molar-refractivity contribution in [3.8, 4) is 12.3 Å². The van der Waals surface area contributed by atoms with E-state index in [1.54, 1.807) is 0 Å². The summed E-state index contributed by atoms with van der Waals surface area (Å²) in [6.07, 6.45) is 1.02. The molecule has 0 heterocycles. The number of benzene rings is 1. The maximum atomic E-state index is 12.5. The highest BCUT2D eigenvalue weighted by Crippen LogP contribution is 2.34. The molecule has 98 valence electrons. The van der Waals surface area contributed by atoms with E-state index in [1.165, 1.54) is 6.07 Å². The first-order valence-electron chi connectivity index (χ1n) is 5.35. The van der Waals surface area contributed by atoms with Crippen LogP contribution in [0.25, 0.3) is 0 Å². The molecule has 0 aromatic heterocycles. The van der Waals surface area contributed by atoms with Crippen LogP contribution in [0.5, 0.6) is 0 Å². The van der Waals surface area contributed by atoms with Gasteiger partial charge in [-0.2, -0.15) is 13.2 Å². The minimum absolute atomic E-state index is 0.184. The molecule has 0 bridgehead atoms. The van der Waals surface area contributed by atoms with Crippen molar-refractivity contribution in [3.63, 3.8) is 0 Å². The van der Waals surface area contributed by atoms with Crippen molar-refractivity contribution in [2.75, 3.05) is 5.32 Å². The summed E-state index contributed by atoms with van der Waals surface area (Å²) < 4.78 is 37.8. The van der Waals surface area contributed by atoms with Crippen molar-refractivity contribution < 1.29 is 13.2 Å². The zero-order valence-electron chi connectivity index (χ0n) is 9.98. The second-order valence-electron chi connectivity index (χ2n) is 4.23. The Kier molecular flexibility index (Phi) is 4.69. The summed E-state index contributed by atoms with van der Waals surface area (Å²) in [6.45, 7) is 3.88. The molecule has 1 rings (SSSR count). The van der Waals surface area contributed by atoms with Gasteiger partial charge < -0.3 is 5.32 Å². The molecule has 18 heavy (non-hydrogen) atoms. The molecule has 0 fully saturated rings. The lowest BCUT2D eigenvalue weighted by molar-refractivity contribution is -0.137. The van der Waals surface area contributed by atoms with Crippen LogP contribution in [0.15, 0.2) is 22.7 Å². The summed E-state index contributed by atoms with van der Waals surface area (Å²) in [5.74, 6) is 2.75. The van der Waals surface area contributed by atoms with Gasteiger partial charge in [0.1, 0.15) is 0 Å². The first-order chi connectivity index (χ1) is 8.25. The van der Waals surface area contributed by atoms with Crippen LogP contribution in [0.4, 0.5) is 18.9 Å². The Labute approximate surface area is 113 Å². The molecule has 1 nitrogen and oxygen atoms in total. The van der Waals surface area contributed by atoms with Crippen LogP contribution < -0.4 is 5.32 Å². The lowest BCUT2D eigenvalue weighted by Gasteiger charge is -2.19. The third-order valence-corrected chi connectivity index (χ3v) is 3.11. The highest BCUT2D eigenvalue weighted by molar-refractivity contribution is 9.10. The number of hydrogen-bond donors (Lipinski definition) is 1. The topological polar surface area (TPSA) is 12.0 Å². The van der Waals surface area contributed by atoms with Crippen LogP contribution in [0.2, 0.25) is 0 Å². The lowest BCUT2D eigenvalue weighted by Crippen LogP contribution is -2.23. The molecule has 0 saturated heterocycles. The minimum atomic E-state index is -4.34. The molecule has 1 atom stereocenters. The fourth-order valence-corrected chi connectivity index (χ4v) is 1.87. The van der Waals surface area contributed by atoms with E-state index in [4.69, 9.17) is 6.42 Å². The van der Waals surface area contributed by atoms with E-state index in [2.05, 4.69) is 27.2 Å². The molecular weight excluding hydrogens is 307 g/mol. The Balaban J connectivity index is 2.97. The highest BCUT2D eigenvalue weighted by Gasteiger charge is 2.30. The van der Waals surface area contributed by atoms with Gasteiger partial charge in [0, 0.05) is 10.2 Å². The van der Waals surface area contributed by atoms with Gasteiger partial charge in [0.15, 0.2) is 0 Å². The summed E-state index contributed by atoms with van der Waals surface area (Å²) in [4.78, 5) is 0. The van der Waals surface area contributed by atoms with Crippen LogP contribution in [0, 0.1) is 18.3 Å². The maximum Gasteiger partial charge on any atom is 0.416 e. The molecule has 0 aliphatic rings. The summed E-state index contributed by atoms with van der Waals surface area (Å²) in [6, 6.07) is 3.22. The molecule has 0 aliphatic heterocycles. The first-order valence-corrected chi connectivity index (χ1v) is 6.14. The van der Waals surface area contributed by atoms with E-state index in [0.717, 1.165) is 12.1 Å². The molecular formula is C13H13BrF3N. The molecule has 0 spiro atoms. The van der Waals surface area contributed by atoms with Gasteiger partial charge in [-0.25, -0.2) is 0 Å².